The second-order valence-electron chi connectivity index (χ2n) is 7.19. The zero-order chi connectivity index (χ0) is 18.5. The van der Waals surface area contributed by atoms with E-state index in [2.05, 4.69) is 10.0 Å². The first kappa shape index (κ1) is 20.9. The second kappa shape index (κ2) is 8.31. The Morgan fingerprint density at radius 1 is 1.29 bits per heavy atom. The highest BCUT2D eigenvalue weighted by atomic mass is 32.2. The summed E-state index contributed by atoms with van der Waals surface area (Å²) in [5.41, 5.74) is -0.597. The van der Waals surface area contributed by atoms with Gasteiger partial charge in [-0.15, -0.1) is 11.3 Å². The van der Waals surface area contributed by atoms with Crippen LogP contribution in [0.5, 0.6) is 0 Å². The Morgan fingerprint density at radius 3 is 2.38 bits per heavy atom. The number of hydrogen-bond donors (Lipinski definition) is 2. The minimum atomic E-state index is -3.56. The van der Waals surface area contributed by atoms with E-state index in [-0.39, 0.29) is 16.8 Å². The molecule has 1 rings (SSSR count). The Morgan fingerprint density at radius 2 is 1.92 bits per heavy atom. The summed E-state index contributed by atoms with van der Waals surface area (Å²) in [4.78, 5) is 12.9. The molecule has 1 aromatic heterocycles. The van der Waals surface area contributed by atoms with Crippen molar-refractivity contribution >= 4 is 27.5 Å². The highest BCUT2D eigenvalue weighted by Crippen LogP contribution is 2.20. The van der Waals surface area contributed by atoms with Crippen molar-refractivity contribution in [1.82, 2.24) is 10.0 Å². The normalized spacial score (nSPS) is 13.8. The van der Waals surface area contributed by atoms with E-state index in [4.69, 9.17) is 4.74 Å². The van der Waals surface area contributed by atoms with Crippen LogP contribution in [0.1, 0.15) is 45.9 Å². The molecule has 1 heterocycles. The van der Waals surface area contributed by atoms with Crippen LogP contribution >= 0.6 is 11.3 Å². The Labute approximate surface area is 149 Å². The SMILES string of the molecule is Cc1ccc(S(=O)(=O)NC[C@H](CC(C)C)NC(=O)OC(C)(C)C)s1. The molecule has 1 aromatic rings. The van der Waals surface area contributed by atoms with E-state index in [0.29, 0.717) is 12.3 Å². The van der Waals surface area contributed by atoms with Crippen LogP contribution in [-0.2, 0) is 14.8 Å². The van der Waals surface area contributed by atoms with Gasteiger partial charge in [-0.3, -0.25) is 0 Å². The third-order valence-corrected chi connectivity index (χ3v) is 5.89. The first-order chi connectivity index (χ1) is 10.9. The first-order valence-electron chi connectivity index (χ1n) is 7.94. The molecular formula is C16H28N2O4S2. The van der Waals surface area contributed by atoms with Crippen LogP contribution in [0, 0.1) is 12.8 Å². The summed E-state index contributed by atoms with van der Waals surface area (Å²) in [6.07, 6.45) is 0.102. The number of nitrogens with one attached hydrogen (secondary N) is 2. The van der Waals surface area contributed by atoms with E-state index < -0.39 is 21.7 Å². The Balaban J connectivity index is 2.71. The molecule has 0 unspecified atom stereocenters. The molecule has 0 aliphatic rings. The number of rotatable bonds is 7. The number of thiophene rings is 1. The van der Waals surface area contributed by atoms with Crippen LogP contribution in [0.2, 0.25) is 0 Å². The van der Waals surface area contributed by atoms with Crippen LogP contribution in [0.15, 0.2) is 16.3 Å². The van der Waals surface area contributed by atoms with Crippen LogP contribution in [0.4, 0.5) is 4.79 Å². The summed E-state index contributed by atoms with van der Waals surface area (Å²) in [7, 11) is -3.56. The molecule has 0 aromatic carbocycles. The Hall–Kier alpha value is -1.12. The Bertz CT molecular complexity index is 645. The molecule has 8 heteroatoms. The van der Waals surface area contributed by atoms with Gasteiger partial charge in [0.15, 0.2) is 0 Å². The lowest BCUT2D eigenvalue weighted by Gasteiger charge is -2.24. The van der Waals surface area contributed by atoms with Crippen molar-refractivity contribution in [1.29, 1.82) is 0 Å². The van der Waals surface area contributed by atoms with E-state index in [1.165, 1.54) is 11.3 Å². The largest absolute Gasteiger partial charge is 0.444 e. The van der Waals surface area contributed by atoms with Gasteiger partial charge in [0.05, 0.1) is 0 Å². The molecule has 0 radical (unpaired) electrons. The lowest BCUT2D eigenvalue weighted by molar-refractivity contribution is 0.0499. The van der Waals surface area contributed by atoms with Crippen LogP contribution in [-0.4, -0.2) is 32.7 Å². The van der Waals surface area contributed by atoms with E-state index in [1.807, 2.05) is 20.8 Å². The summed E-state index contributed by atoms with van der Waals surface area (Å²) >= 11 is 1.22. The predicted octanol–water partition coefficient (Wildman–Crippen LogP) is 3.27. The quantitative estimate of drug-likeness (QED) is 0.765. The van der Waals surface area contributed by atoms with Crippen LogP contribution in [0.25, 0.3) is 0 Å². The summed E-state index contributed by atoms with van der Waals surface area (Å²) < 4.78 is 32.7. The topological polar surface area (TPSA) is 84.5 Å². The number of amides is 1. The number of hydrogen-bond acceptors (Lipinski definition) is 5. The maximum absolute atomic E-state index is 12.3. The van der Waals surface area contributed by atoms with E-state index in [9.17, 15) is 13.2 Å². The lowest BCUT2D eigenvalue weighted by Crippen LogP contribution is -2.46. The minimum absolute atomic E-state index is 0.122. The summed E-state index contributed by atoms with van der Waals surface area (Å²) in [5, 5.41) is 2.75. The summed E-state index contributed by atoms with van der Waals surface area (Å²) in [6, 6.07) is 3.01. The molecule has 138 valence electrons. The number of carbonyl (C=O) groups is 1. The average molecular weight is 377 g/mol. The molecule has 0 aliphatic carbocycles. The third-order valence-electron chi connectivity index (χ3n) is 2.98. The van der Waals surface area contributed by atoms with Crippen molar-refractivity contribution in [3.8, 4) is 0 Å². The zero-order valence-electron chi connectivity index (χ0n) is 15.2. The fraction of sp³-hybridized carbons (Fsp3) is 0.688. The number of aryl methyl sites for hydroxylation is 1. The van der Waals surface area contributed by atoms with Gasteiger partial charge in [0, 0.05) is 17.5 Å². The van der Waals surface area contributed by atoms with Gasteiger partial charge >= 0.3 is 6.09 Å². The number of carbonyl (C=O) groups excluding carboxylic acids is 1. The van der Waals surface area contributed by atoms with Crippen molar-refractivity contribution in [3.05, 3.63) is 17.0 Å². The monoisotopic (exact) mass is 376 g/mol. The van der Waals surface area contributed by atoms with E-state index in [0.717, 1.165) is 4.88 Å². The lowest BCUT2D eigenvalue weighted by atomic mass is 10.0. The molecule has 0 saturated carbocycles. The van der Waals surface area contributed by atoms with Gasteiger partial charge in [-0.2, -0.15) is 0 Å². The van der Waals surface area contributed by atoms with Gasteiger partial charge < -0.3 is 10.1 Å². The fourth-order valence-corrected chi connectivity index (χ4v) is 4.48. The zero-order valence-corrected chi connectivity index (χ0v) is 16.8. The predicted molar refractivity (Wildman–Crippen MR) is 96.9 cm³/mol. The molecule has 2 N–H and O–H groups in total. The number of alkyl carbamates (subject to hydrolysis) is 1. The van der Waals surface area contributed by atoms with E-state index in [1.54, 1.807) is 32.9 Å². The van der Waals surface area contributed by atoms with Gasteiger partial charge in [0.25, 0.3) is 0 Å². The third kappa shape index (κ3) is 7.63. The molecule has 0 saturated heterocycles. The van der Waals surface area contributed by atoms with Crippen molar-refractivity contribution in [2.75, 3.05) is 6.54 Å². The molecule has 1 amide bonds. The van der Waals surface area contributed by atoms with E-state index >= 15 is 0 Å². The van der Waals surface area contributed by atoms with Crippen molar-refractivity contribution in [3.63, 3.8) is 0 Å². The molecule has 0 fully saturated rings. The van der Waals surface area contributed by atoms with Gasteiger partial charge in [0.2, 0.25) is 10.0 Å². The molecule has 6 nitrogen and oxygen atoms in total. The van der Waals surface area contributed by atoms with Gasteiger partial charge in [-0.1, -0.05) is 13.8 Å². The molecular weight excluding hydrogens is 348 g/mol. The molecule has 0 spiro atoms. The number of ether oxygens (including phenoxy) is 1. The second-order valence-corrected chi connectivity index (χ2v) is 10.5. The number of sulfonamides is 1. The summed E-state index contributed by atoms with van der Waals surface area (Å²) in [5.74, 6) is 0.304. The van der Waals surface area contributed by atoms with Crippen LogP contribution < -0.4 is 10.0 Å². The molecule has 0 aliphatic heterocycles. The minimum Gasteiger partial charge on any atom is -0.444 e. The Kier molecular flexibility index (Phi) is 7.25. The summed E-state index contributed by atoms with van der Waals surface area (Å²) in [6.45, 7) is 11.4. The molecule has 24 heavy (non-hydrogen) atoms. The smallest absolute Gasteiger partial charge is 0.407 e. The fourth-order valence-electron chi connectivity index (χ4n) is 2.07. The van der Waals surface area contributed by atoms with Crippen molar-refractivity contribution in [2.24, 2.45) is 5.92 Å². The highest BCUT2D eigenvalue weighted by molar-refractivity contribution is 7.91. The van der Waals surface area contributed by atoms with Gasteiger partial charge in [-0.05, 0) is 52.2 Å². The van der Waals surface area contributed by atoms with Crippen molar-refractivity contribution < 1.29 is 17.9 Å². The standard InChI is InChI=1S/C16H28N2O4S2/c1-11(2)9-13(18-15(19)22-16(4,5)6)10-17-24(20,21)14-8-7-12(3)23-14/h7-8,11,13,17H,9-10H2,1-6H3,(H,18,19)/t13-/m0/s1. The molecule has 0 bridgehead atoms. The average Bonchev–Trinajstić information content (AvgIpc) is 2.80. The van der Waals surface area contributed by atoms with Crippen molar-refractivity contribution in [2.45, 2.75) is 63.8 Å². The van der Waals surface area contributed by atoms with Gasteiger partial charge in [0.1, 0.15) is 9.81 Å². The first-order valence-corrected chi connectivity index (χ1v) is 10.2. The highest BCUT2D eigenvalue weighted by Gasteiger charge is 2.23. The van der Waals surface area contributed by atoms with Crippen LogP contribution in [0.3, 0.4) is 0 Å². The molecule has 1 atom stereocenters. The van der Waals surface area contributed by atoms with Gasteiger partial charge in [-0.25, -0.2) is 17.9 Å². The maximum atomic E-state index is 12.3. The maximum Gasteiger partial charge on any atom is 0.407 e.